The number of nitrogens with one attached hydrogen (secondary N) is 2. The first kappa shape index (κ1) is 18.4. The molecule has 0 spiro atoms. The highest BCUT2D eigenvalue weighted by molar-refractivity contribution is 5.98. The Hall–Kier alpha value is -1.66. The minimum absolute atomic E-state index is 0. The maximum absolute atomic E-state index is 12.3. The lowest BCUT2D eigenvalue weighted by atomic mass is 10.1. The van der Waals surface area contributed by atoms with E-state index in [1.54, 1.807) is 19.2 Å². The van der Waals surface area contributed by atoms with Gasteiger partial charge in [-0.3, -0.25) is 4.79 Å². The van der Waals surface area contributed by atoms with Gasteiger partial charge < -0.3 is 24.8 Å². The highest BCUT2D eigenvalue weighted by Gasteiger charge is 2.21. The number of benzene rings is 1. The van der Waals surface area contributed by atoms with Gasteiger partial charge in [-0.1, -0.05) is 0 Å². The van der Waals surface area contributed by atoms with Gasteiger partial charge in [0.05, 0.1) is 26.9 Å². The number of ether oxygens (including phenoxy) is 3. The average molecular weight is 331 g/mol. The van der Waals surface area contributed by atoms with Gasteiger partial charge in [0.1, 0.15) is 0 Å². The molecule has 22 heavy (non-hydrogen) atoms. The molecule has 0 aliphatic carbocycles. The van der Waals surface area contributed by atoms with Crippen molar-refractivity contribution in [2.45, 2.75) is 18.9 Å². The summed E-state index contributed by atoms with van der Waals surface area (Å²) in [7, 11) is 4.57. The summed E-state index contributed by atoms with van der Waals surface area (Å²) in [5.41, 5.74) is 0.438. The molecule has 1 fully saturated rings. The predicted molar refractivity (Wildman–Crippen MR) is 86.7 cm³/mol. The van der Waals surface area contributed by atoms with Gasteiger partial charge in [0.2, 0.25) is 5.75 Å². The fourth-order valence-electron chi connectivity index (χ4n) is 2.52. The van der Waals surface area contributed by atoms with Gasteiger partial charge in [0.15, 0.2) is 11.5 Å². The zero-order valence-electron chi connectivity index (χ0n) is 13.1. The van der Waals surface area contributed by atoms with Crippen molar-refractivity contribution in [1.82, 2.24) is 10.6 Å². The molecule has 0 aromatic heterocycles. The summed E-state index contributed by atoms with van der Waals surface area (Å²) in [4.78, 5) is 12.3. The summed E-state index contributed by atoms with van der Waals surface area (Å²) in [5.74, 6) is 1.16. The van der Waals surface area contributed by atoms with Crippen LogP contribution in [0.15, 0.2) is 12.1 Å². The van der Waals surface area contributed by atoms with Crippen molar-refractivity contribution in [2.75, 3.05) is 34.4 Å². The second kappa shape index (κ2) is 8.70. The van der Waals surface area contributed by atoms with Crippen molar-refractivity contribution in [3.05, 3.63) is 17.7 Å². The number of amides is 1. The molecule has 1 aromatic carbocycles. The molecular formula is C15H23ClN2O4. The molecule has 1 aliphatic rings. The van der Waals surface area contributed by atoms with E-state index in [-0.39, 0.29) is 18.3 Å². The van der Waals surface area contributed by atoms with Crippen molar-refractivity contribution in [3.8, 4) is 17.2 Å². The minimum atomic E-state index is -0.179. The van der Waals surface area contributed by atoms with Crippen molar-refractivity contribution >= 4 is 18.3 Å². The monoisotopic (exact) mass is 330 g/mol. The number of carbonyl (C=O) groups is 1. The molecule has 0 saturated carbocycles. The van der Waals surface area contributed by atoms with Crippen LogP contribution in [-0.2, 0) is 0 Å². The Labute approximate surface area is 136 Å². The fraction of sp³-hybridized carbons (Fsp3) is 0.533. The molecule has 0 radical (unpaired) electrons. The van der Waals surface area contributed by atoms with Crippen LogP contribution < -0.4 is 24.8 Å². The van der Waals surface area contributed by atoms with E-state index in [0.717, 1.165) is 19.4 Å². The van der Waals surface area contributed by atoms with E-state index in [4.69, 9.17) is 14.2 Å². The van der Waals surface area contributed by atoms with E-state index in [2.05, 4.69) is 10.6 Å². The van der Waals surface area contributed by atoms with E-state index < -0.39 is 0 Å². The molecule has 1 amide bonds. The van der Waals surface area contributed by atoms with Crippen LogP contribution >= 0.6 is 12.4 Å². The van der Waals surface area contributed by atoms with Gasteiger partial charge >= 0.3 is 0 Å². The standard InChI is InChI=1S/C15H22N2O4.ClH/c1-19-12-7-6-11(13(20-2)14(12)21-3)15(18)17-9-10-5-4-8-16-10;/h6-7,10,16H,4-5,8-9H2,1-3H3,(H,17,18);1H. The average Bonchev–Trinajstić information content (AvgIpc) is 3.04. The van der Waals surface area contributed by atoms with Crippen molar-refractivity contribution in [3.63, 3.8) is 0 Å². The fourth-order valence-corrected chi connectivity index (χ4v) is 2.52. The molecule has 1 saturated heterocycles. The third-order valence-corrected chi connectivity index (χ3v) is 3.62. The minimum Gasteiger partial charge on any atom is -0.493 e. The molecule has 124 valence electrons. The van der Waals surface area contributed by atoms with Gasteiger partial charge in [-0.15, -0.1) is 12.4 Å². The van der Waals surface area contributed by atoms with Crippen LogP contribution in [0.5, 0.6) is 17.2 Å². The van der Waals surface area contributed by atoms with E-state index >= 15 is 0 Å². The van der Waals surface area contributed by atoms with Crippen molar-refractivity contribution < 1.29 is 19.0 Å². The van der Waals surface area contributed by atoms with Crippen molar-refractivity contribution in [1.29, 1.82) is 0 Å². The molecule has 1 aromatic rings. The molecular weight excluding hydrogens is 308 g/mol. The van der Waals surface area contributed by atoms with E-state index in [1.165, 1.54) is 14.2 Å². The van der Waals surface area contributed by atoms with Crippen LogP contribution in [0, 0.1) is 0 Å². The molecule has 1 unspecified atom stereocenters. The topological polar surface area (TPSA) is 68.8 Å². The Morgan fingerprint density at radius 2 is 1.95 bits per heavy atom. The summed E-state index contributed by atoms with van der Waals surface area (Å²) in [6.45, 7) is 1.62. The highest BCUT2D eigenvalue weighted by Crippen LogP contribution is 2.39. The molecule has 1 heterocycles. The van der Waals surface area contributed by atoms with Crippen LogP contribution in [0.1, 0.15) is 23.2 Å². The third kappa shape index (κ3) is 3.96. The molecule has 6 nitrogen and oxygen atoms in total. The van der Waals surface area contributed by atoms with Crippen LogP contribution in [0.4, 0.5) is 0 Å². The molecule has 1 atom stereocenters. The Morgan fingerprint density at radius 3 is 2.50 bits per heavy atom. The SMILES string of the molecule is COc1ccc(C(=O)NCC2CCCN2)c(OC)c1OC.Cl. The number of rotatable bonds is 6. The van der Waals surface area contributed by atoms with Gasteiger partial charge in [-0.05, 0) is 31.5 Å². The third-order valence-electron chi connectivity index (χ3n) is 3.62. The molecule has 2 N–H and O–H groups in total. The lowest BCUT2D eigenvalue weighted by Crippen LogP contribution is -2.37. The lowest BCUT2D eigenvalue weighted by molar-refractivity contribution is 0.0946. The summed E-state index contributed by atoms with van der Waals surface area (Å²) >= 11 is 0. The number of hydrogen-bond donors (Lipinski definition) is 2. The zero-order chi connectivity index (χ0) is 15.2. The Bertz CT molecular complexity index is 505. The van der Waals surface area contributed by atoms with Gasteiger partial charge in [-0.2, -0.15) is 0 Å². The molecule has 7 heteroatoms. The second-order valence-corrected chi connectivity index (χ2v) is 4.89. The second-order valence-electron chi connectivity index (χ2n) is 4.89. The van der Waals surface area contributed by atoms with E-state index in [1.807, 2.05) is 0 Å². The Morgan fingerprint density at radius 1 is 1.23 bits per heavy atom. The zero-order valence-corrected chi connectivity index (χ0v) is 13.9. The van der Waals surface area contributed by atoms with Crippen LogP contribution in [0.2, 0.25) is 0 Å². The van der Waals surface area contributed by atoms with Crippen LogP contribution in [0.3, 0.4) is 0 Å². The van der Waals surface area contributed by atoms with Gasteiger partial charge in [0, 0.05) is 12.6 Å². The first-order valence-electron chi connectivity index (χ1n) is 7.01. The maximum Gasteiger partial charge on any atom is 0.255 e. The first-order chi connectivity index (χ1) is 10.2. The predicted octanol–water partition coefficient (Wildman–Crippen LogP) is 1.62. The first-order valence-corrected chi connectivity index (χ1v) is 7.01. The summed E-state index contributed by atoms with van der Waals surface area (Å²) in [6, 6.07) is 3.72. The highest BCUT2D eigenvalue weighted by atomic mass is 35.5. The van der Waals surface area contributed by atoms with Crippen LogP contribution in [0.25, 0.3) is 0 Å². The van der Waals surface area contributed by atoms with Crippen LogP contribution in [-0.4, -0.2) is 46.4 Å². The maximum atomic E-state index is 12.3. The summed E-state index contributed by atoms with van der Waals surface area (Å²) < 4.78 is 15.8. The Kier molecular flexibility index (Phi) is 7.27. The van der Waals surface area contributed by atoms with E-state index in [9.17, 15) is 4.79 Å². The summed E-state index contributed by atoms with van der Waals surface area (Å²) in [6.07, 6.45) is 2.24. The Balaban J connectivity index is 0.00000242. The summed E-state index contributed by atoms with van der Waals surface area (Å²) in [5, 5.41) is 6.27. The number of methoxy groups -OCH3 is 3. The lowest BCUT2D eigenvalue weighted by Gasteiger charge is -2.16. The van der Waals surface area contributed by atoms with Gasteiger partial charge in [-0.25, -0.2) is 0 Å². The smallest absolute Gasteiger partial charge is 0.255 e. The number of hydrogen-bond acceptors (Lipinski definition) is 5. The normalized spacial score (nSPS) is 16.6. The number of halogens is 1. The molecule has 0 bridgehead atoms. The van der Waals surface area contributed by atoms with Crippen molar-refractivity contribution in [2.24, 2.45) is 0 Å². The molecule has 1 aliphatic heterocycles. The number of carbonyl (C=O) groups excluding carboxylic acids is 1. The van der Waals surface area contributed by atoms with Gasteiger partial charge in [0.25, 0.3) is 5.91 Å². The van der Waals surface area contributed by atoms with E-state index in [0.29, 0.717) is 35.4 Å². The molecule has 2 rings (SSSR count). The largest absolute Gasteiger partial charge is 0.493 e. The quantitative estimate of drug-likeness (QED) is 0.829.